The van der Waals surface area contributed by atoms with Gasteiger partial charge in [-0.3, -0.25) is 4.79 Å². The first kappa shape index (κ1) is 21.2. The van der Waals surface area contributed by atoms with Gasteiger partial charge in [-0.25, -0.2) is 4.68 Å². The summed E-state index contributed by atoms with van der Waals surface area (Å²) in [6.45, 7) is 10.1. The maximum atomic E-state index is 12.5. The molecule has 0 spiro atoms. The SMILES string of the molecule is Cc1ccc(C(=O)Nc2ccc(Nc3ccc(-n4nc(C)c(C)c4C)nn3)cc2)cc1C. The number of nitrogens with one attached hydrogen (secondary N) is 2. The molecule has 0 radical (unpaired) electrons. The van der Waals surface area contributed by atoms with E-state index < -0.39 is 0 Å². The number of hydrogen-bond acceptors (Lipinski definition) is 5. The Bertz CT molecular complexity index is 1270. The van der Waals surface area contributed by atoms with E-state index >= 15 is 0 Å². The molecule has 0 saturated heterocycles. The first-order chi connectivity index (χ1) is 15.3. The van der Waals surface area contributed by atoms with E-state index in [0.717, 1.165) is 39.5 Å². The summed E-state index contributed by atoms with van der Waals surface area (Å²) in [4.78, 5) is 12.5. The maximum Gasteiger partial charge on any atom is 0.255 e. The van der Waals surface area contributed by atoms with Gasteiger partial charge in [-0.2, -0.15) is 5.10 Å². The molecule has 1 amide bonds. The molecule has 4 aromatic rings. The highest BCUT2D eigenvalue weighted by atomic mass is 16.1. The van der Waals surface area contributed by atoms with Crippen molar-refractivity contribution in [3.8, 4) is 5.82 Å². The van der Waals surface area contributed by atoms with Crippen molar-refractivity contribution < 1.29 is 4.79 Å². The molecule has 7 nitrogen and oxygen atoms in total. The number of amides is 1. The van der Waals surface area contributed by atoms with E-state index in [0.29, 0.717) is 17.2 Å². The second kappa shape index (κ2) is 8.63. The van der Waals surface area contributed by atoms with Gasteiger partial charge in [0.2, 0.25) is 0 Å². The van der Waals surface area contributed by atoms with Crippen LogP contribution in [0.2, 0.25) is 0 Å². The summed E-state index contributed by atoms with van der Waals surface area (Å²) in [5.74, 6) is 1.17. The van der Waals surface area contributed by atoms with Gasteiger partial charge in [0.15, 0.2) is 11.6 Å². The van der Waals surface area contributed by atoms with Crippen LogP contribution in [-0.2, 0) is 0 Å². The van der Waals surface area contributed by atoms with Crippen LogP contribution in [0, 0.1) is 34.6 Å². The van der Waals surface area contributed by atoms with Crippen LogP contribution in [0.25, 0.3) is 5.82 Å². The van der Waals surface area contributed by atoms with Gasteiger partial charge in [-0.15, -0.1) is 10.2 Å². The summed E-state index contributed by atoms with van der Waals surface area (Å²) >= 11 is 0. The van der Waals surface area contributed by atoms with E-state index in [1.54, 1.807) is 4.68 Å². The molecule has 0 fully saturated rings. The van der Waals surface area contributed by atoms with Crippen LogP contribution >= 0.6 is 0 Å². The largest absolute Gasteiger partial charge is 0.339 e. The third-order valence-corrected chi connectivity index (χ3v) is 5.70. The number of hydrogen-bond donors (Lipinski definition) is 2. The Balaban J connectivity index is 1.41. The zero-order valence-corrected chi connectivity index (χ0v) is 18.9. The number of aromatic nitrogens is 4. The van der Waals surface area contributed by atoms with E-state index in [4.69, 9.17) is 0 Å². The molecule has 32 heavy (non-hydrogen) atoms. The smallest absolute Gasteiger partial charge is 0.255 e. The standard InChI is InChI=1S/C25H26N6O/c1-15-6-7-20(14-16(15)2)25(32)27-22-10-8-21(9-11-22)26-23-12-13-24(29-28-23)31-19(5)17(3)18(4)30-31/h6-14H,1-5H3,(H,26,28)(H,27,32). The summed E-state index contributed by atoms with van der Waals surface area (Å²) in [7, 11) is 0. The number of rotatable bonds is 5. The Labute approximate surface area is 187 Å². The average molecular weight is 427 g/mol. The summed E-state index contributed by atoms with van der Waals surface area (Å²) in [5, 5.41) is 19.2. The predicted molar refractivity (Wildman–Crippen MR) is 127 cm³/mol. The van der Waals surface area contributed by atoms with Gasteiger partial charge in [0, 0.05) is 22.6 Å². The summed E-state index contributed by atoms with van der Waals surface area (Å²) < 4.78 is 1.80. The molecule has 4 rings (SSSR count). The zero-order valence-electron chi connectivity index (χ0n) is 18.9. The second-order valence-electron chi connectivity index (χ2n) is 7.94. The summed E-state index contributed by atoms with van der Waals surface area (Å²) in [5.41, 5.74) is 7.66. The Kier molecular flexibility index (Phi) is 5.73. The molecule has 2 heterocycles. The first-order valence-electron chi connectivity index (χ1n) is 10.4. The fourth-order valence-electron chi connectivity index (χ4n) is 3.32. The molecule has 0 saturated carbocycles. The highest BCUT2D eigenvalue weighted by Gasteiger charge is 2.11. The third kappa shape index (κ3) is 4.37. The van der Waals surface area contributed by atoms with Crippen LogP contribution in [0.3, 0.4) is 0 Å². The number of carbonyl (C=O) groups is 1. The molecule has 7 heteroatoms. The molecule has 0 unspecified atom stereocenters. The van der Waals surface area contributed by atoms with Gasteiger partial charge >= 0.3 is 0 Å². The lowest BCUT2D eigenvalue weighted by atomic mass is 10.1. The van der Waals surface area contributed by atoms with Gasteiger partial charge in [0.1, 0.15) is 0 Å². The van der Waals surface area contributed by atoms with Crippen molar-refractivity contribution >= 4 is 23.1 Å². The molecule has 0 aliphatic carbocycles. The molecule has 0 bridgehead atoms. The van der Waals surface area contributed by atoms with Crippen molar-refractivity contribution in [3.63, 3.8) is 0 Å². The Morgan fingerprint density at radius 3 is 2.12 bits per heavy atom. The summed E-state index contributed by atoms with van der Waals surface area (Å²) in [6.07, 6.45) is 0. The van der Waals surface area contributed by atoms with Crippen molar-refractivity contribution in [2.75, 3.05) is 10.6 Å². The normalized spacial score (nSPS) is 10.8. The minimum atomic E-state index is -0.130. The summed E-state index contributed by atoms with van der Waals surface area (Å²) in [6, 6.07) is 16.9. The molecule has 2 aromatic carbocycles. The molecule has 0 aliphatic rings. The Morgan fingerprint density at radius 1 is 0.812 bits per heavy atom. The maximum absolute atomic E-state index is 12.5. The molecular formula is C25H26N6O. The third-order valence-electron chi connectivity index (χ3n) is 5.70. The van der Waals surface area contributed by atoms with Crippen LogP contribution in [0.15, 0.2) is 54.6 Å². The molecule has 0 atom stereocenters. The van der Waals surface area contributed by atoms with E-state index in [2.05, 4.69) is 25.9 Å². The van der Waals surface area contributed by atoms with E-state index in [1.165, 1.54) is 0 Å². The Morgan fingerprint density at radius 2 is 1.53 bits per heavy atom. The molecule has 2 aromatic heterocycles. The number of benzene rings is 2. The molecule has 2 N–H and O–H groups in total. The number of anilines is 3. The van der Waals surface area contributed by atoms with E-state index in [1.807, 2.05) is 89.2 Å². The first-order valence-corrected chi connectivity index (χ1v) is 10.4. The van der Waals surface area contributed by atoms with Gasteiger partial charge < -0.3 is 10.6 Å². The fraction of sp³-hybridized carbons (Fsp3) is 0.200. The lowest BCUT2D eigenvalue weighted by Crippen LogP contribution is -2.12. The number of carbonyl (C=O) groups excluding carboxylic acids is 1. The van der Waals surface area contributed by atoms with Crippen molar-refractivity contribution in [2.45, 2.75) is 34.6 Å². The molecule has 162 valence electrons. The fourth-order valence-corrected chi connectivity index (χ4v) is 3.32. The van der Waals surface area contributed by atoms with Gasteiger partial charge in [-0.05, 0) is 99.8 Å². The minimum absolute atomic E-state index is 0.130. The van der Waals surface area contributed by atoms with Crippen molar-refractivity contribution in [1.29, 1.82) is 0 Å². The van der Waals surface area contributed by atoms with Crippen LogP contribution in [0.5, 0.6) is 0 Å². The van der Waals surface area contributed by atoms with E-state index in [9.17, 15) is 4.79 Å². The number of aryl methyl sites for hydroxylation is 3. The highest BCUT2D eigenvalue weighted by Crippen LogP contribution is 2.20. The van der Waals surface area contributed by atoms with Crippen LogP contribution in [-0.4, -0.2) is 25.9 Å². The van der Waals surface area contributed by atoms with Crippen molar-refractivity contribution in [3.05, 3.63) is 88.2 Å². The number of nitrogens with zero attached hydrogens (tertiary/aromatic N) is 4. The zero-order chi connectivity index (χ0) is 22.8. The highest BCUT2D eigenvalue weighted by molar-refractivity contribution is 6.04. The average Bonchev–Trinajstić information content (AvgIpc) is 3.05. The van der Waals surface area contributed by atoms with E-state index in [-0.39, 0.29) is 5.91 Å². The molecule has 0 aliphatic heterocycles. The van der Waals surface area contributed by atoms with Crippen LogP contribution in [0.1, 0.15) is 38.4 Å². The van der Waals surface area contributed by atoms with Crippen molar-refractivity contribution in [1.82, 2.24) is 20.0 Å². The monoisotopic (exact) mass is 426 g/mol. The minimum Gasteiger partial charge on any atom is -0.339 e. The topological polar surface area (TPSA) is 84.7 Å². The quantitative estimate of drug-likeness (QED) is 0.458. The molecular weight excluding hydrogens is 400 g/mol. The lowest BCUT2D eigenvalue weighted by Gasteiger charge is -2.09. The Hall–Kier alpha value is -4.00. The van der Waals surface area contributed by atoms with Gasteiger partial charge in [0.05, 0.1) is 5.69 Å². The van der Waals surface area contributed by atoms with Gasteiger partial charge in [-0.1, -0.05) is 6.07 Å². The predicted octanol–water partition coefficient (Wildman–Crippen LogP) is 5.20. The van der Waals surface area contributed by atoms with Crippen molar-refractivity contribution in [2.24, 2.45) is 0 Å². The van der Waals surface area contributed by atoms with Crippen LogP contribution < -0.4 is 10.6 Å². The van der Waals surface area contributed by atoms with Crippen LogP contribution in [0.4, 0.5) is 17.2 Å². The van der Waals surface area contributed by atoms with Gasteiger partial charge in [0.25, 0.3) is 5.91 Å². The second-order valence-corrected chi connectivity index (χ2v) is 7.94. The lowest BCUT2D eigenvalue weighted by molar-refractivity contribution is 0.102.